The maximum Gasteiger partial charge on any atom is 0.248 e. The Bertz CT molecular complexity index is 821. The summed E-state index contributed by atoms with van der Waals surface area (Å²) in [6.07, 6.45) is 1.31. The summed E-state index contributed by atoms with van der Waals surface area (Å²) in [5.41, 5.74) is 7.63. The molecule has 5 nitrogen and oxygen atoms in total. The van der Waals surface area contributed by atoms with E-state index in [1.807, 2.05) is 31.2 Å². The Balaban J connectivity index is 1.86. The molecule has 0 radical (unpaired) electrons. The molecule has 0 saturated carbocycles. The van der Waals surface area contributed by atoms with Crippen molar-refractivity contribution in [3.8, 4) is 11.6 Å². The molecule has 0 saturated heterocycles. The third-order valence-corrected chi connectivity index (χ3v) is 3.21. The number of para-hydroxylation sites is 1. The number of ether oxygens (including phenoxy) is 1. The van der Waals surface area contributed by atoms with E-state index in [-0.39, 0.29) is 23.1 Å². The first-order chi connectivity index (χ1) is 11.1. The predicted octanol–water partition coefficient (Wildman–Crippen LogP) is 4.04. The molecule has 2 aromatic carbocycles. The monoisotopic (exact) mass is 310 g/mol. The summed E-state index contributed by atoms with van der Waals surface area (Å²) >= 11 is 0. The second kappa shape index (κ2) is 6.31. The zero-order valence-corrected chi connectivity index (χ0v) is 12.5. The van der Waals surface area contributed by atoms with Gasteiger partial charge in [-0.2, -0.15) is 4.98 Å². The van der Waals surface area contributed by atoms with Crippen molar-refractivity contribution in [3.05, 3.63) is 66.2 Å². The first kappa shape index (κ1) is 14.8. The van der Waals surface area contributed by atoms with Gasteiger partial charge in [0, 0.05) is 0 Å². The van der Waals surface area contributed by atoms with E-state index >= 15 is 0 Å². The highest BCUT2D eigenvalue weighted by Crippen LogP contribution is 2.31. The Hall–Kier alpha value is -3.15. The Kier molecular flexibility index (Phi) is 4.05. The van der Waals surface area contributed by atoms with Gasteiger partial charge in [-0.15, -0.1) is 0 Å². The van der Waals surface area contributed by atoms with E-state index in [1.165, 1.54) is 12.4 Å². The summed E-state index contributed by atoms with van der Waals surface area (Å²) in [6, 6.07) is 13.8. The number of aromatic nitrogens is 2. The zero-order valence-electron chi connectivity index (χ0n) is 12.5. The van der Waals surface area contributed by atoms with Crippen molar-refractivity contribution in [2.45, 2.75) is 6.92 Å². The highest BCUT2D eigenvalue weighted by Gasteiger charge is 2.12. The zero-order chi connectivity index (χ0) is 16.2. The third-order valence-electron chi connectivity index (χ3n) is 3.21. The van der Waals surface area contributed by atoms with Crippen LogP contribution < -0.4 is 15.8 Å². The Labute approximate surface area is 133 Å². The van der Waals surface area contributed by atoms with Gasteiger partial charge in [0.15, 0.2) is 5.82 Å². The topological polar surface area (TPSA) is 73.1 Å². The molecule has 6 heteroatoms. The minimum absolute atomic E-state index is 0.205. The van der Waals surface area contributed by atoms with Crippen LogP contribution in [-0.2, 0) is 0 Å². The van der Waals surface area contributed by atoms with Crippen molar-refractivity contribution in [1.29, 1.82) is 0 Å². The molecule has 0 bridgehead atoms. The molecule has 1 aromatic heterocycles. The quantitative estimate of drug-likeness (QED) is 0.760. The van der Waals surface area contributed by atoms with Gasteiger partial charge in [-0.1, -0.05) is 29.8 Å². The average molecular weight is 310 g/mol. The molecule has 0 amide bonds. The van der Waals surface area contributed by atoms with Gasteiger partial charge in [-0.25, -0.2) is 9.37 Å². The number of nitrogen functional groups attached to an aromatic ring is 1. The first-order valence-electron chi connectivity index (χ1n) is 7.00. The first-order valence-corrected chi connectivity index (χ1v) is 7.00. The van der Waals surface area contributed by atoms with Crippen LogP contribution in [0.1, 0.15) is 5.56 Å². The van der Waals surface area contributed by atoms with Gasteiger partial charge in [0.1, 0.15) is 23.6 Å². The number of hydrogen-bond acceptors (Lipinski definition) is 5. The lowest BCUT2D eigenvalue weighted by Crippen LogP contribution is -2.04. The molecular formula is C17H15FN4O. The van der Waals surface area contributed by atoms with E-state index in [9.17, 15) is 4.39 Å². The summed E-state index contributed by atoms with van der Waals surface area (Å²) in [4.78, 5) is 8.07. The summed E-state index contributed by atoms with van der Waals surface area (Å²) in [5, 5.41) is 2.84. The van der Waals surface area contributed by atoms with E-state index in [4.69, 9.17) is 10.5 Å². The third kappa shape index (κ3) is 3.37. The van der Waals surface area contributed by atoms with Crippen molar-refractivity contribution >= 4 is 17.2 Å². The Morgan fingerprint density at radius 3 is 2.52 bits per heavy atom. The normalized spacial score (nSPS) is 10.3. The maximum atomic E-state index is 13.7. The van der Waals surface area contributed by atoms with E-state index in [0.717, 1.165) is 5.56 Å². The summed E-state index contributed by atoms with van der Waals surface area (Å²) in [7, 11) is 0. The van der Waals surface area contributed by atoms with Crippen molar-refractivity contribution in [3.63, 3.8) is 0 Å². The van der Waals surface area contributed by atoms with E-state index in [1.54, 1.807) is 18.2 Å². The van der Waals surface area contributed by atoms with Crippen molar-refractivity contribution in [2.24, 2.45) is 0 Å². The van der Waals surface area contributed by atoms with Crippen LogP contribution in [0, 0.1) is 12.7 Å². The lowest BCUT2D eigenvalue weighted by Gasteiger charge is -2.12. The Morgan fingerprint density at radius 2 is 1.78 bits per heavy atom. The summed E-state index contributed by atoms with van der Waals surface area (Å²) in [6.45, 7) is 1.99. The minimum Gasteiger partial charge on any atom is -0.437 e. The van der Waals surface area contributed by atoms with Crippen molar-refractivity contribution in [2.75, 3.05) is 11.1 Å². The summed E-state index contributed by atoms with van der Waals surface area (Å²) < 4.78 is 19.4. The fourth-order valence-electron chi connectivity index (χ4n) is 1.97. The number of rotatable bonds is 4. The number of aryl methyl sites for hydroxylation is 1. The molecule has 3 N–H and O–H groups in total. The summed E-state index contributed by atoms with van der Waals surface area (Å²) in [5.74, 6) is 0.708. The molecule has 116 valence electrons. The predicted molar refractivity (Wildman–Crippen MR) is 87.4 cm³/mol. The van der Waals surface area contributed by atoms with Crippen molar-refractivity contribution in [1.82, 2.24) is 9.97 Å². The molecule has 0 aliphatic heterocycles. The number of hydrogen-bond donors (Lipinski definition) is 2. The highest BCUT2D eigenvalue weighted by molar-refractivity contribution is 5.72. The largest absolute Gasteiger partial charge is 0.437 e. The molecule has 0 spiro atoms. The fourth-order valence-corrected chi connectivity index (χ4v) is 1.97. The lowest BCUT2D eigenvalue weighted by atomic mass is 10.2. The standard InChI is InChI=1S/C17H15FN4O/c1-11-6-8-12(9-7-11)23-17-15(19)16(20-10-21-17)22-14-5-3-2-4-13(14)18/h2-10H,19H2,1H3,(H,20,21,22). The molecule has 0 atom stereocenters. The lowest BCUT2D eigenvalue weighted by molar-refractivity contribution is 0.464. The second-order valence-corrected chi connectivity index (χ2v) is 4.96. The molecule has 0 aliphatic carbocycles. The molecular weight excluding hydrogens is 295 g/mol. The molecule has 3 rings (SSSR count). The Morgan fingerprint density at radius 1 is 1.04 bits per heavy atom. The van der Waals surface area contributed by atoms with E-state index < -0.39 is 5.82 Å². The van der Waals surface area contributed by atoms with Crippen molar-refractivity contribution < 1.29 is 9.13 Å². The minimum atomic E-state index is -0.397. The number of halogens is 1. The second-order valence-electron chi connectivity index (χ2n) is 4.96. The van der Waals surface area contributed by atoms with Gasteiger partial charge in [-0.05, 0) is 31.2 Å². The average Bonchev–Trinajstić information content (AvgIpc) is 2.55. The number of nitrogens with one attached hydrogen (secondary N) is 1. The molecule has 23 heavy (non-hydrogen) atoms. The SMILES string of the molecule is Cc1ccc(Oc2ncnc(Nc3ccccc3F)c2N)cc1. The van der Waals surface area contributed by atoms with Gasteiger partial charge in [0.2, 0.25) is 5.88 Å². The van der Waals surface area contributed by atoms with Gasteiger partial charge >= 0.3 is 0 Å². The van der Waals surface area contributed by atoms with Gasteiger partial charge in [0.25, 0.3) is 0 Å². The molecule has 0 fully saturated rings. The number of nitrogens with zero attached hydrogens (tertiary/aromatic N) is 2. The van der Waals surface area contributed by atoms with Gasteiger partial charge in [0.05, 0.1) is 5.69 Å². The van der Waals surface area contributed by atoms with Crippen LogP contribution in [-0.4, -0.2) is 9.97 Å². The molecule has 1 heterocycles. The van der Waals surface area contributed by atoms with Gasteiger partial charge in [-0.3, -0.25) is 0 Å². The van der Waals surface area contributed by atoms with Crippen LogP contribution in [0.5, 0.6) is 11.6 Å². The molecule has 0 unspecified atom stereocenters. The van der Waals surface area contributed by atoms with E-state index in [2.05, 4.69) is 15.3 Å². The van der Waals surface area contributed by atoms with E-state index in [0.29, 0.717) is 5.75 Å². The van der Waals surface area contributed by atoms with Crippen LogP contribution in [0.4, 0.5) is 21.6 Å². The molecule has 0 aliphatic rings. The molecule has 3 aromatic rings. The van der Waals surface area contributed by atoms with Crippen LogP contribution in [0.15, 0.2) is 54.9 Å². The number of anilines is 3. The van der Waals surface area contributed by atoms with Crippen LogP contribution in [0.25, 0.3) is 0 Å². The van der Waals surface area contributed by atoms with Crippen LogP contribution >= 0.6 is 0 Å². The van der Waals surface area contributed by atoms with Gasteiger partial charge < -0.3 is 15.8 Å². The van der Waals surface area contributed by atoms with Crippen LogP contribution in [0.3, 0.4) is 0 Å². The van der Waals surface area contributed by atoms with Crippen LogP contribution in [0.2, 0.25) is 0 Å². The fraction of sp³-hybridized carbons (Fsp3) is 0.0588. The smallest absolute Gasteiger partial charge is 0.248 e. The number of nitrogens with two attached hydrogens (primary N) is 1. The highest BCUT2D eigenvalue weighted by atomic mass is 19.1. The maximum absolute atomic E-state index is 13.7. The number of benzene rings is 2.